The van der Waals surface area contributed by atoms with Crippen molar-refractivity contribution >= 4 is 49.5 Å². The van der Waals surface area contributed by atoms with E-state index in [1.165, 1.54) is 31.2 Å². The van der Waals surface area contributed by atoms with Crippen molar-refractivity contribution in [3.05, 3.63) is 128 Å². The van der Waals surface area contributed by atoms with Gasteiger partial charge in [0.2, 0.25) is 11.8 Å². The van der Waals surface area contributed by atoms with Crippen molar-refractivity contribution in [2.75, 3.05) is 6.61 Å². The molecule has 0 bridgehead atoms. The summed E-state index contributed by atoms with van der Waals surface area (Å²) in [5.74, 6) is -1.05. The van der Waals surface area contributed by atoms with Crippen molar-refractivity contribution < 1.29 is 33.8 Å². The zero-order chi connectivity index (χ0) is 33.5. The second-order valence-corrected chi connectivity index (χ2v) is 13.8. The Hall–Kier alpha value is -4.48. The molecule has 11 heteroatoms. The van der Waals surface area contributed by atoms with Crippen LogP contribution in [0.5, 0.6) is 5.75 Å². The van der Waals surface area contributed by atoms with Crippen LogP contribution in [0.2, 0.25) is 0 Å². The Labute approximate surface area is 287 Å². The van der Waals surface area contributed by atoms with Crippen LogP contribution in [0.15, 0.2) is 110 Å². The number of Topliss-reactive ketones (excluding diaryl/α,β-unsaturated/α-hetero) is 1. The highest BCUT2D eigenvalue weighted by molar-refractivity contribution is 9.10. The van der Waals surface area contributed by atoms with Gasteiger partial charge in [0.15, 0.2) is 12.4 Å². The van der Waals surface area contributed by atoms with E-state index in [0.29, 0.717) is 40.0 Å². The highest BCUT2D eigenvalue weighted by Crippen LogP contribution is 2.60. The van der Waals surface area contributed by atoms with Gasteiger partial charge in [-0.3, -0.25) is 9.59 Å². The summed E-state index contributed by atoms with van der Waals surface area (Å²) in [6.45, 7) is 2.92. The predicted molar refractivity (Wildman–Crippen MR) is 181 cm³/mol. The minimum atomic E-state index is -0.905. The second kappa shape index (κ2) is 12.6. The van der Waals surface area contributed by atoms with Crippen molar-refractivity contribution in [1.82, 2.24) is 10.3 Å². The number of nitrogens with one attached hydrogen (secondary N) is 1. The lowest BCUT2D eigenvalue weighted by Crippen LogP contribution is -2.36. The van der Waals surface area contributed by atoms with E-state index in [-0.39, 0.29) is 28.9 Å². The van der Waals surface area contributed by atoms with Crippen molar-refractivity contribution in [2.45, 2.75) is 37.6 Å². The molecule has 3 aromatic carbocycles. The molecule has 1 fully saturated rings. The maximum absolute atomic E-state index is 13.2. The largest absolute Gasteiger partial charge is 0.508 e. The number of nitrogens with zero attached hydrogens (tertiary/aromatic N) is 1. The molecular formula is C36H30Br2N2O7. The number of rotatable bonds is 9. The SMILES string of the molecule is CC(=O)NC1(c2cc(C(=O)COC(=O)c3ccc(O)cc3)ccc2Br)C[C@@H]1C1=C(O)C=CC(C)(c2nc(-c3ccc(Br)cc3)co2)C1. The minimum Gasteiger partial charge on any atom is -0.508 e. The molecule has 47 heavy (non-hydrogen) atoms. The van der Waals surface area contributed by atoms with E-state index in [4.69, 9.17) is 14.1 Å². The van der Waals surface area contributed by atoms with Crippen molar-refractivity contribution in [3.63, 3.8) is 0 Å². The number of carbonyl (C=O) groups is 3. The summed E-state index contributed by atoms with van der Waals surface area (Å²) in [4.78, 5) is 43.0. The average molecular weight is 762 g/mol. The smallest absolute Gasteiger partial charge is 0.338 e. The van der Waals surface area contributed by atoms with E-state index in [1.54, 1.807) is 30.5 Å². The number of phenols is 1. The Balaban J connectivity index is 1.24. The molecule has 3 N–H and O–H groups in total. The number of aliphatic hydroxyl groups excluding tert-OH is 1. The molecule has 1 heterocycles. The van der Waals surface area contributed by atoms with Gasteiger partial charge < -0.3 is 24.7 Å². The van der Waals surface area contributed by atoms with E-state index in [9.17, 15) is 24.6 Å². The molecular weight excluding hydrogens is 732 g/mol. The predicted octanol–water partition coefficient (Wildman–Crippen LogP) is 7.69. The number of aliphatic hydroxyl groups is 1. The Morgan fingerprint density at radius 3 is 2.43 bits per heavy atom. The molecule has 2 aliphatic rings. The number of phenolic OH excluding ortho intramolecular Hbond substituents is 1. The highest BCUT2D eigenvalue weighted by Gasteiger charge is 2.60. The average Bonchev–Trinajstić information content (AvgIpc) is 3.51. The van der Waals surface area contributed by atoms with Crippen molar-refractivity contribution in [1.29, 1.82) is 0 Å². The normalized spacial score (nSPS) is 21.7. The number of benzene rings is 3. The summed E-state index contributed by atoms with van der Waals surface area (Å²) in [5.41, 5.74) is 1.93. The lowest BCUT2D eigenvalue weighted by molar-refractivity contribution is -0.120. The van der Waals surface area contributed by atoms with Gasteiger partial charge in [0, 0.05) is 32.9 Å². The second-order valence-electron chi connectivity index (χ2n) is 12.0. The first-order valence-electron chi connectivity index (χ1n) is 14.8. The first-order chi connectivity index (χ1) is 22.4. The van der Waals surface area contributed by atoms with Gasteiger partial charge in [0.25, 0.3) is 0 Å². The van der Waals surface area contributed by atoms with Crippen molar-refractivity contribution in [3.8, 4) is 17.0 Å². The Bertz CT molecular complexity index is 1950. The van der Waals surface area contributed by atoms with Gasteiger partial charge in [-0.2, -0.15) is 0 Å². The van der Waals surface area contributed by atoms with Crippen LogP contribution in [0.3, 0.4) is 0 Å². The van der Waals surface area contributed by atoms with E-state index >= 15 is 0 Å². The maximum atomic E-state index is 13.2. The van der Waals surface area contributed by atoms with Gasteiger partial charge in [-0.15, -0.1) is 0 Å². The van der Waals surface area contributed by atoms with Crippen LogP contribution in [0.4, 0.5) is 0 Å². The lowest BCUT2D eigenvalue weighted by Gasteiger charge is -2.30. The maximum Gasteiger partial charge on any atom is 0.338 e. The number of ether oxygens (including phenoxy) is 1. The molecule has 2 aliphatic carbocycles. The lowest BCUT2D eigenvalue weighted by atomic mass is 9.77. The summed E-state index contributed by atoms with van der Waals surface area (Å²) in [6.07, 6.45) is 6.02. The van der Waals surface area contributed by atoms with Gasteiger partial charge >= 0.3 is 5.97 Å². The molecule has 1 amide bonds. The Morgan fingerprint density at radius 2 is 1.72 bits per heavy atom. The molecule has 0 saturated heterocycles. The van der Waals surface area contributed by atoms with E-state index in [2.05, 4.69) is 37.2 Å². The van der Waals surface area contributed by atoms with Crippen LogP contribution >= 0.6 is 31.9 Å². The molecule has 240 valence electrons. The first-order valence-corrected chi connectivity index (χ1v) is 16.4. The number of halogens is 2. The van der Waals surface area contributed by atoms with Gasteiger partial charge in [-0.05, 0) is 85.5 Å². The summed E-state index contributed by atoms with van der Waals surface area (Å²) in [6, 6.07) is 18.3. The molecule has 6 rings (SSSR count). The van der Waals surface area contributed by atoms with Crippen LogP contribution in [0, 0.1) is 5.92 Å². The summed E-state index contributed by atoms with van der Waals surface area (Å²) in [5, 5.41) is 23.7. The van der Waals surface area contributed by atoms with Crippen molar-refractivity contribution in [2.24, 2.45) is 5.92 Å². The standard InChI is InChI=1S/C36H30Br2N2O7/c1-20(41)40-36(27-15-23(7-12-29(27)38)32(44)19-46-33(45)22-5-10-25(42)11-6-22)17-28(36)26-16-35(2,14-13-31(26)43)34-39-30(18-47-34)21-3-8-24(37)9-4-21/h3-15,18,28,42-43H,16-17,19H2,1-2H3,(H,40,41)/t28-,35?,36?/m1/s1. The van der Waals surface area contributed by atoms with Crippen LogP contribution in [-0.4, -0.2) is 39.5 Å². The fourth-order valence-electron chi connectivity index (χ4n) is 6.09. The molecule has 9 nitrogen and oxygen atoms in total. The first kappa shape index (κ1) is 32.5. The quantitative estimate of drug-likeness (QED) is 0.117. The molecule has 4 aromatic rings. The van der Waals surface area contributed by atoms with Gasteiger partial charge in [0.1, 0.15) is 23.5 Å². The molecule has 1 aromatic heterocycles. The summed E-state index contributed by atoms with van der Waals surface area (Å²) >= 11 is 7.06. The fourth-order valence-corrected chi connectivity index (χ4v) is 6.95. The third-order valence-electron chi connectivity index (χ3n) is 8.62. The molecule has 3 atom stereocenters. The molecule has 2 unspecified atom stereocenters. The van der Waals surface area contributed by atoms with Crippen LogP contribution in [0.1, 0.15) is 58.9 Å². The number of allylic oxidation sites excluding steroid dienone is 2. The fraction of sp³-hybridized carbons (Fsp3) is 0.222. The third kappa shape index (κ3) is 6.55. The highest BCUT2D eigenvalue weighted by atomic mass is 79.9. The van der Waals surface area contributed by atoms with Gasteiger partial charge in [0.05, 0.1) is 16.5 Å². The monoisotopic (exact) mass is 760 g/mol. The number of aromatic hydroxyl groups is 1. The van der Waals surface area contributed by atoms with E-state index in [1.807, 2.05) is 37.3 Å². The Morgan fingerprint density at radius 1 is 1.02 bits per heavy atom. The van der Waals surface area contributed by atoms with Crippen LogP contribution in [-0.2, 0) is 20.5 Å². The summed E-state index contributed by atoms with van der Waals surface area (Å²) < 4.78 is 12.8. The number of amides is 1. The topological polar surface area (TPSA) is 139 Å². The van der Waals surface area contributed by atoms with Gasteiger partial charge in [-0.25, -0.2) is 9.78 Å². The number of esters is 1. The zero-order valence-electron chi connectivity index (χ0n) is 25.4. The number of oxazole rings is 1. The molecule has 0 radical (unpaired) electrons. The van der Waals surface area contributed by atoms with E-state index in [0.717, 1.165) is 15.6 Å². The summed E-state index contributed by atoms with van der Waals surface area (Å²) in [7, 11) is 0. The number of hydrogen-bond acceptors (Lipinski definition) is 8. The third-order valence-corrected chi connectivity index (χ3v) is 9.84. The number of carbonyl (C=O) groups excluding carboxylic acids is 3. The molecule has 1 saturated carbocycles. The molecule has 0 spiro atoms. The van der Waals surface area contributed by atoms with Gasteiger partial charge in [-0.1, -0.05) is 56.1 Å². The van der Waals surface area contributed by atoms with E-state index < -0.39 is 29.3 Å². The zero-order valence-corrected chi connectivity index (χ0v) is 28.6. The number of hydrogen-bond donors (Lipinski definition) is 3. The minimum absolute atomic E-state index is 0.00735. The number of ketones is 1. The Kier molecular flexibility index (Phi) is 8.71. The number of aromatic nitrogens is 1. The van der Waals surface area contributed by atoms with Crippen LogP contribution in [0.25, 0.3) is 11.3 Å². The van der Waals surface area contributed by atoms with Crippen LogP contribution < -0.4 is 5.32 Å². The molecule has 0 aliphatic heterocycles.